The van der Waals surface area contributed by atoms with Crippen LogP contribution in [-0.4, -0.2) is 31.7 Å². The molecule has 1 atom stereocenters. The molecule has 7 nitrogen and oxygen atoms in total. The van der Waals surface area contributed by atoms with Gasteiger partial charge in [-0.1, -0.05) is 30.8 Å². The summed E-state index contributed by atoms with van der Waals surface area (Å²) in [4.78, 5) is 10.7. The molecule has 2 heterocycles. The molecule has 0 aromatic carbocycles. The molecule has 0 amide bonds. The van der Waals surface area contributed by atoms with Crippen molar-refractivity contribution >= 4 is 17.7 Å². The topological polar surface area (TPSA) is 102 Å². The van der Waals surface area contributed by atoms with Gasteiger partial charge in [0.2, 0.25) is 0 Å². The number of nitrogens with zero attached hydrogens (tertiary/aromatic N) is 3. The Labute approximate surface area is 113 Å². The van der Waals surface area contributed by atoms with E-state index in [9.17, 15) is 4.79 Å². The van der Waals surface area contributed by atoms with E-state index in [-0.39, 0.29) is 17.0 Å². The molecule has 0 radical (unpaired) electrons. The third-order valence-electron chi connectivity index (χ3n) is 2.35. The number of hydrogen-bond donors (Lipinski definition) is 1. The number of carboxylic acids is 1. The Hall–Kier alpha value is -1.83. The van der Waals surface area contributed by atoms with E-state index in [1.165, 1.54) is 0 Å². The van der Waals surface area contributed by atoms with Crippen LogP contribution in [0.25, 0.3) is 11.6 Å². The molecule has 102 valence electrons. The third kappa shape index (κ3) is 3.14. The number of rotatable bonds is 5. The van der Waals surface area contributed by atoms with Crippen molar-refractivity contribution in [3.8, 4) is 11.6 Å². The lowest BCUT2D eigenvalue weighted by Gasteiger charge is -1.99. The predicted molar refractivity (Wildman–Crippen MR) is 66.8 cm³/mol. The van der Waals surface area contributed by atoms with Gasteiger partial charge in [-0.05, 0) is 6.92 Å². The molecule has 19 heavy (non-hydrogen) atoms. The quantitative estimate of drug-likeness (QED) is 0.834. The molecule has 2 aromatic heterocycles. The Kier molecular flexibility index (Phi) is 3.89. The fourth-order valence-corrected chi connectivity index (χ4v) is 1.84. The van der Waals surface area contributed by atoms with Gasteiger partial charge in [0.1, 0.15) is 11.0 Å². The number of hydrogen-bond acceptors (Lipinski definition) is 7. The molecule has 2 aromatic rings. The molecule has 0 aliphatic heterocycles. The first-order chi connectivity index (χ1) is 8.97. The maximum Gasteiger partial charge on any atom is 0.316 e. The lowest BCUT2D eigenvalue weighted by Crippen LogP contribution is -2.10. The van der Waals surface area contributed by atoms with Crippen LogP contribution in [0, 0.1) is 0 Å². The average molecular weight is 283 g/mol. The monoisotopic (exact) mass is 283 g/mol. The zero-order valence-electron chi connectivity index (χ0n) is 10.7. The van der Waals surface area contributed by atoms with Gasteiger partial charge < -0.3 is 14.0 Å². The maximum atomic E-state index is 10.7. The Morgan fingerprint density at radius 3 is 2.68 bits per heavy atom. The summed E-state index contributed by atoms with van der Waals surface area (Å²) in [5.74, 6) is 0.218. The molecular formula is C11H13N3O4S. The van der Waals surface area contributed by atoms with E-state index in [2.05, 4.69) is 15.4 Å². The van der Waals surface area contributed by atoms with Crippen LogP contribution in [0.2, 0.25) is 0 Å². The van der Waals surface area contributed by atoms with Gasteiger partial charge in [0.25, 0.3) is 11.1 Å². The summed E-state index contributed by atoms with van der Waals surface area (Å²) in [6, 6.07) is 1.73. The first-order valence-corrected chi connectivity index (χ1v) is 6.55. The summed E-state index contributed by atoms with van der Waals surface area (Å²) in [5.41, 5.74) is 0.450. The first kappa shape index (κ1) is 13.6. The number of aromatic nitrogens is 3. The summed E-state index contributed by atoms with van der Waals surface area (Å²) < 4.78 is 10.5. The second-order valence-corrected chi connectivity index (χ2v) is 5.53. The van der Waals surface area contributed by atoms with E-state index in [0.717, 1.165) is 17.5 Å². The van der Waals surface area contributed by atoms with E-state index in [0.29, 0.717) is 5.69 Å². The summed E-state index contributed by atoms with van der Waals surface area (Å²) in [5, 5.41) is 19.8. The normalized spacial score (nSPS) is 12.8. The van der Waals surface area contributed by atoms with Crippen LogP contribution in [0.3, 0.4) is 0 Å². The van der Waals surface area contributed by atoms with Crippen LogP contribution in [0.4, 0.5) is 0 Å². The predicted octanol–water partition coefficient (Wildman–Crippen LogP) is 2.41. The molecule has 0 saturated heterocycles. The van der Waals surface area contributed by atoms with Crippen molar-refractivity contribution in [2.24, 2.45) is 0 Å². The summed E-state index contributed by atoms with van der Waals surface area (Å²) in [7, 11) is 0. The van der Waals surface area contributed by atoms with Gasteiger partial charge >= 0.3 is 5.97 Å². The van der Waals surface area contributed by atoms with E-state index >= 15 is 0 Å². The van der Waals surface area contributed by atoms with E-state index in [1.54, 1.807) is 13.0 Å². The van der Waals surface area contributed by atoms with E-state index in [4.69, 9.17) is 14.0 Å². The van der Waals surface area contributed by atoms with Crippen molar-refractivity contribution in [2.75, 3.05) is 0 Å². The van der Waals surface area contributed by atoms with Gasteiger partial charge in [0, 0.05) is 12.0 Å². The zero-order chi connectivity index (χ0) is 14.0. The largest absolute Gasteiger partial charge is 0.480 e. The smallest absolute Gasteiger partial charge is 0.316 e. The summed E-state index contributed by atoms with van der Waals surface area (Å²) in [6.07, 6.45) is 0. The second-order valence-electron chi connectivity index (χ2n) is 4.24. The molecule has 0 fully saturated rings. The molecule has 0 spiro atoms. The molecule has 2 rings (SSSR count). The lowest BCUT2D eigenvalue weighted by atomic mass is 10.1. The molecule has 0 aliphatic rings. The second kappa shape index (κ2) is 5.43. The first-order valence-electron chi connectivity index (χ1n) is 5.67. The van der Waals surface area contributed by atoms with Crippen LogP contribution in [0.15, 0.2) is 20.2 Å². The lowest BCUT2D eigenvalue weighted by molar-refractivity contribution is -0.136. The van der Waals surface area contributed by atoms with Crippen LogP contribution in [0.5, 0.6) is 0 Å². The van der Waals surface area contributed by atoms with Gasteiger partial charge in [-0.2, -0.15) is 0 Å². The van der Waals surface area contributed by atoms with Gasteiger partial charge in [-0.25, -0.2) is 0 Å². The molecule has 8 heteroatoms. The molecule has 0 bridgehead atoms. The highest BCUT2D eigenvalue weighted by Crippen LogP contribution is 2.27. The number of aliphatic carboxylic acids is 1. The highest BCUT2D eigenvalue weighted by atomic mass is 32.2. The van der Waals surface area contributed by atoms with Crippen molar-refractivity contribution in [3.05, 3.63) is 11.8 Å². The Morgan fingerprint density at radius 1 is 1.37 bits per heavy atom. The van der Waals surface area contributed by atoms with E-state index < -0.39 is 11.2 Å². The third-order valence-corrected chi connectivity index (χ3v) is 3.27. The highest BCUT2D eigenvalue weighted by molar-refractivity contribution is 8.00. The minimum atomic E-state index is -0.937. The van der Waals surface area contributed by atoms with E-state index in [1.807, 2.05) is 13.8 Å². The van der Waals surface area contributed by atoms with Crippen molar-refractivity contribution < 1.29 is 18.8 Å². The van der Waals surface area contributed by atoms with Crippen LogP contribution in [-0.2, 0) is 4.79 Å². The number of thioether (sulfide) groups is 1. The van der Waals surface area contributed by atoms with Gasteiger partial charge in [0.15, 0.2) is 5.69 Å². The molecule has 0 saturated carbocycles. The molecule has 1 unspecified atom stereocenters. The summed E-state index contributed by atoms with van der Waals surface area (Å²) in [6.45, 7) is 5.51. The minimum Gasteiger partial charge on any atom is -0.480 e. The summed E-state index contributed by atoms with van der Waals surface area (Å²) >= 11 is 0.982. The van der Waals surface area contributed by atoms with Crippen LogP contribution < -0.4 is 0 Å². The maximum absolute atomic E-state index is 10.7. The Morgan fingerprint density at radius 2 is 2.11 bits per heavy atom. The standard InChI is InChI=1S/C11H13N3O4S/c1-5(2)8-4-7(14-18-8)9-12-13-11(17-9)19-6(3)10(15)16/h4-6H,1-3H3,(H,15,16). The fraction of sp³-hybridized carbons (Fsp3) is 0.455. The molecule has 1 N–H and O–H groups in total. The number of carbonyl (C=O) groups is 1. The molecular weight excluding hydrogens is 270 g/mol. The van der Waals surface area contributed by atoms with Crippen LogP contribution in [0.1, 0.15) is 32.4 Å². The average Bonchev–Trinajstić information content (AvgIpc) is 2.95. The zero-order valence-corrected chi connectivity index (χ0v) is 11.5. The van der Waals surface area contributed by atoms with Crippen molar-refractivity contribution in [1.82, 2.24) is 15.4 Å². The van der Waals surface area contributed by atoms with Crippen LogP contribution >= 0.6 is 11.8 Å². The SMILES string of the molecule is CC(Sc1nnc(-c2cc(C(C)C)on2)o1)C(=O)O. The minimum absolute atomic E-state index is 0.194. The Balaban J connectivity index is 2.13. The Bertz CT molecular complexity index is 578. The van der Waals surface area contributed by atoms with Gasteiger partial charge in [0.05, 0.1) is 0 Å². The van der Waals surface area contributed by atoms with Crippen molar-refractivity contribution in [2.45, 2.75) is 37.2 Å². The van der Waals surface area contributed by atoms with Gasteiger partial charge in [-0.15, -0.1) is 10.2 Å². The number of carboxylic acid groups (broad SMARTS) is 1. The van der Waals surface area contributed by atoms with Crippen molar-refractivity contribution in [3.63, 3.8) is 0 Å². The molecule has 0 aliphatic carbocycles. The highest BCUT2D eigenvalue weighted by Gasteiger charge is 2.19. The van der Waals surface area contributed by atoms with Crippen molar-refractivity contribution in [1.29, 1.82) is 0 Å². The van der Waals surface area contributed by atoms with Gasteiger partial charge in [-0.3, -0.25) is 4.79 Å². The fourth-order valence-electron chi connectivity index (χ4n) is 1.22.